The van der Waals surface area contributed by atoms with Gasteiger partial charge in [0.15, 0.2) is 6.10 Å². The van der Waals surface area contributed by atoms with Crippen LogP contribution in [0.5, 0.6) is 0 Å². The predicted octanol–water partition coefficient (Wildman–Crippen LogP) is 6.88. The fourth-order valence-corrected chi connectivity index (χ4v) is 4.59. The third-order valence-corrected chi connectivity index (χ3v) is 7.22. The van der Waals surface area contributed by atoms with Gasteiger partial charge in [0.2, 0.25) is 0 Å². The highest BCUT2D eigenvalue weighted by molar-refractivity contribution is 7.47. The summed E-state index contributed by atoms with van der Waals surface area (Å²) >= 11 is 0. The van der Waals surface area contributed by atoms with Crippen molar-refractivity contribution < 1.29 is 47.8 Å². The maximum atomic E-state index is 12.3. The maximum absolute atomic E-state index is 12.3. The second-order valence-corrected chi connectivity index (χ2v) is 11.9. The second kappa shape index (κ2) is 28.9. The molecule has 0 aromatic carbocycles. The normalized spacial score (nSPS) is 14.8. The first-order chi connectivity index (χ1) is 20.7. The van der Waals surface area contributed by atoms with E-state index in [9.17, 15) is 24.2 Å². The van der Waals surface area contributed by atoms with Gasteiger partial charge in [-0.1, -0.05) is 88.8 Å². The summed E-state index contributed by atoms with van der Waals surface area (Å²) in [6, 6.07) is 0. The Labute approximate surface area is 259 Å². The van der Waals surface area contributed by atoms with E-state index in [1.807, 2.05) is 6.92 Å². The van der Waals surface area contributed by atoms with Crippen LogP contribution in [0.15, 0.2) is 36.5 Å². The molecule has 43 heavy (non-hydrogen) atoms. The number of hydrogen-bond acceptors (Lipinski definition) is 9. The second-order valence-electron chi connectivity index (χ2n) is 10.5. The summed E-state index contributed by atoms with van der Waals surface area (Å²) in [5, 5.41) is 18.1. The number of carbonyl (C=O) groups excluding carboxylic acids is 2. The summed E-state index contributed by atoms with van der Waals surface area (Å²) in [4.78, 5) is 33.8. The fraction of sp³-hybridized carbons (Fsp3) is 0.750. The Balaban J connectivity index is 4.11. The van der Waals surface area contributed by atoms with Gasteiger partial charge in [-0.3, -0.25) is 18.6 Å². The van der Waals surface area contributed by atoms with E-state index in [-0.39, 0.29) is 19.4 Å². The molecule has 0 rings (SSSR count). The van der Waals surface area contributed by atoms with E-state index in [0.29, 0.717) is 12.8 Å². The van der Waals surface area contributed by atoms with Crippen LogP contribution in [0, 0.1) is 0 Å². The van der Waals surface area contributed by atoms with Gasteiger partial charge in [0.25, 0.3) is 0 Å². The number of allylic oxidation sites excluding steroid dienone is 6. The van der Waals surface area contributed by atoms with Crippen LogP contribution in [0.2, 0.25) is 0 Å². The van der Waals surface area contributed by atoms with Gasteiger partial charge in [-0.05, 0) is 51.4 Å². The number of hydrogen-bond donors (Lipinski definition) is 3. The molecule has 0 amide bonds. The van der Waals surface area contributed by atoms with Crippen LogP contribution in [0.25, 0.3) is 0 Å². The van der Waals surface area contributed by atoms with Gasteiger partial charge in [0, 0.05) is 12.8 Å². The van der Waals surface area contributed by atoms with E-state index in [0.717, 1.165) is 51.4 Å². The summed E-state index contributed by atoms with van der Waals surface area (Å²) < 4.78 is 31.8. The number of phosphoric ester groups is 1. The quantitative estimate of drug-likeness (QED) is 0.0345. The summed E-state index contributed by atoms with van der Waals surface area (Å²) in [5.41, 5.74) is 0. The van der Waals surface area contributed by atoms with E-state index in [4.69, 9.17) is 19.1 Å². The molecule has 0 radical (unpaired) electrons. The zero-order valence-electron chi connectivity index (χ0n) is 26.4. The van der Waals surface area contributed by atoms with Gasteiger partial charge in [-0.2, -0.15) is 0 Å². The zero-order valence-corrected chi connectivity index (χ0v) is 27.3. The average Bonchev–Trinajstić information content (AvgIpc) is 2.98. The summed E-state index contributed by atoms with van der Waals surface area (Å²) in [7, 11) is -4.59. The third-order valence-electron chi connectivity index (χ3n) is 6.27. The lowest BCUT2D eigenvalue weighted by Gasteiger charge is -2.20. The number of phosphoric acid groups is 1. The maximum Gasteiger partial charge on any atom is 0.472 e. The minimum absolute atomic E-state index is 0.167. The van der Waals surface area contributed by atoms with Gasteiger partial charge in [-0.15, -0.1) is 0 Å². The van der Waals surface area contributed by atoms with Gasteiger partial charge in [-0.25, -0.2) is 4.57 Å². The van der Waals surface area contributed by atoms with Crippen molar-refractivity contribution in [3.63, 3.8) is 0 Å². The van der Waals surface area contributed by atoms with E-state index in [1.54, 1.807) is 0 Å². The molecule has 0 aliphatic carbocycles. The molecule has 0 aliphatic rings. The molecule has 3 N–H and O–H groups in total. The molecule has 0 saturated carbocycles. The first-order valence-electron chi connectivity index (χ1n) is 15.9. The van der Waals surface area contributed by atoms with Gasteiger partial charge in [0.1, 0.15) is 12.7 Å². The van der Waals surface area contributed by atoms with Crippen LogP contribution < -0.4 is 0 Å². The molecule has 0 aromatic rings. The molecule has 0 fully saturated rings. The smallest absolute Gasteiger partial charge is 0.462 e. The first kappa shape index (κ1) is 41.2. The van der Waals surface area contributed by atoms with E-state index >= 15 is 0 Å². The van der Waals surface area contributed by atoms with Crippen molar-refractivity contribution in [2.45, 2.75) is 129 Å². The predicted molar refractivity (Wildman–Crippen MR) is 168 cm³/mol. The van der Waals surface area contributed by atoms with Crippen LogP contribution in [-0.4, -0.2) is 65.7 Å². The lowest BCUT2D eigenvalue weighted by atomic mass is 10.1. The average molecular weight is 633 g/mol. The molecule has 0 aliphatic heterocycles. The number of aliphatic hydroxyl groups is 2. The van der Waals surface area contributed by atoms with Crippen LogP contribution in [-0.2, 0) is 32.7 Å². The number of carbonyl (C=O) groups is 2. The Bertz CT molecular complexity index is 827. The number of rotatable bonds is 29. The highest BCUT2D eigenvalue weighted by Gasteiger charge is 2.27. The number of esters is 2. The van der Waals surface area contributed by atoms with Gasteiger partial charge < -0.3 is 24.6 Å². The molecule has 0 heterocycles. The van der Waals surface area contributed by atoms with E-state index < -0.39 is 51.8 Å². The minimum atomic E-state index is -4.59. The molecule has 0 saturated heterocycles. The van der Waals surface area contributed by atoms with Crippen molar-refractivity contribution in [2.24, 2.45) is 0 Å². The van der Waals surface area contributed by atoms with Crippen molar-refractivity contribution in [3.05, 3.63) is 36.5 Å². The van der Waals surface area contributed by atoms with E-state index in [1.165, 1.54) is 25.7 Å². The molecular formula is C32H57O10P. The Morgan fingerprint density at radius 2 is 1.26 bits per heavy atom. The van der Waals surface area contributed by atoms with Crippen LogP contribution in [0.1, 0.15) is 117 Å². The molecule has 0 spiro atoms. The lowest BCUT2D eigenvalue weighted by Crippen LogP contribution is -2.29. The monoisotopic (exact) mass is 632 g/mol. The Morgan fingerprint density at radius 3 is 1.86 bits per heavy atom. The molecule has 0 aromatic heterocycles. The largest absolute Gasteiger partial charge is 0.472 e. The van der Waals surface area contributed by atoms with Crippen molar-refractivity contribution in [3.8, 4) is 0 Å². The summed E-state index contributed by atoms with van der Waals surface area (Å²) in [6.45, 7) is 1.89. The molecule has 3 unspecified atom stereocenters. The number of unbranched alkanes of at least 4 members (excludes halogenated alkanes) is 9. The summed E-state index contributed by atoms with van der Waals surface area (Å²) in [5.74, 6) is -1.01. The third kappa shape index (κ3) is 28.7. The van der Waals surface area contributed by atoms with Crippen molar-refractivity contribution >= 4 is 19.8 Å². The van der Waals surface area contributed by atoms with Crippen molar-refractivity contribution in [2.75, 3.05) is 26.4 Å². The fourth-order valence-electron chi connectivity index (χ4n) is 3.80. The van der Waals surface area contributed by atoms with Gasteiger partial charge >= 0.3 is 19.8 Å². The SMILES string of the molecule is CCCCC/C=C\C/C=C\C/C=C\CCCCCCCCC(=O)OC(COC(=O)CCC)COP(=O)(O)OCC(O)CO. The first-order valence-corrected chi connectivity index (χ1v) is 17.4. The Morgan fingerprint density at radius 1 is 0.698 bits per heavy atom. The minimum Gasteiger partial charge on any atom is -0.462 e. The summed E-state index contributed by atoms with van der Waals surface area (Å²) in [6.07, 6.45) is 25.8. The molecular weight excluding hydrogens is 575 g/mol. The molecule has 10 nitrogen and oxygen atoms in total. The number of ether oxygens (including phenoxy) is 2. The molecule has 11 heteroatoms. The lowest BCUT2D eigenvalue weighted by molar-refractivity contribution is -0.161. The Kier molecular flexibility index (Phi) is 27.7. The van der Waals surface area contributed by atoms with Crippen LogP contribution in [0.4, 0.5) is 0 Å². The van der Waals surface area contributed by atoms with Crippen molar-refractivity contribution in [1.82, 2.24) is 0 Å². The molecule has 3 atom stereocenters. The highest BCUT2D eigenvalue weighted by Crippen LogP contribution is 2.43. The highest BCUT2D eigenvalue weighted by atomic mass is 31.2. The zero-order chi connectivity index (χ0) is 32.0. The van der Waals surface area contributed by atoms with Gasteiger partial charge in [0.05, 0.1) is 19.8 Å². The standard InChI is InChI=1S/C32H57O10P/c1-3-5-6-7-8-9-10-11-12-13-14-15-16-17-18-19-20-21-22-24-32(36)42-30(27-39-31(35)23-4-2)28-41-43(37,38)40-26-29(34)25-33/h8-9,11-12,14-15,29-30,33-34H,3-7,10,13,16-28H2,1-2H3,(H,37,38)/b9-8-,12-11-,15-14-. The topological polar surface area (TPSA) is 149 Å². The molecule has 0 bridgehead atoms. The van der Waals surface area contributed by atoms with Crippen LogP contribution >= 0.6 is 7.82 Å². The molecule has 250 valence electrons. The van der Waals surface area contributed by atoms with E-state index in [2.05, 4.69) is 47.9 Å². The Hall–Kier alpha value is -1.81. The van der Waals surface area contributed by atoms with Crippen molar-refractivity contribution in [1.29, 1.82) is 0 Å². The number of aliphatic hydroxyl groups excluding tert-OH is 2. The van der Waals surface area contributed by atoms with Crippen LogP contribution in [0.3, 0.4) is 0 Å².